The van der Waals surface area contributed by atoms with E-state index in [-0.39, 0.29) is 5.91 Å². The number of rotatable bonds is 4. The first-order chi connectivity index (χ1) is 8.72. The van der Waals surface area contributed by atoms with E-state index in [0.717, 1.165) is 38.2 Å². The van der Waals surface area contributed by atoms with Gasteiger partial charge >= 0.3 is 0 Å². The molecule has 1 aromatic rings. The molecule has 0 bridgehead atoms. The van der Waals surface area contributed by atoms with Gasteiger partial charge in [-0.25, -0.2) is 0 Å². The first kappa shape index (κ1) is 12.9. The lowest BCUT2D eigenvalue weighted by molar-refractivity contribution is 0.0788. The maximum Gasteiger partial charge on any atom is 0.257 e. The number of aromatic nitrogens is 1. The van der Waals surface area contributed by atoms with Gasteiger partial charge < -0.3 is 10.2 Å². The van der Waals surface area contributed by atoms with E-state index >= 15 is 0 Å². The molecule has 2 heterocycles. The van der Waals surface area contributed by atoms with Crippen molar-refractivity contribution in [1.82, 2.24) is 9.88 Å². The van der Waals surface area contributed by atoms with Gasteiger partial charge in [0.05, 0.1) is 11.3 Å². The first-order valence-electron chi connectivity index (χ1n) is 6.69. The molecule has 1 atom stereocenters. The maximum absolute atomic E-state index is 12.4. The molecule has 2 rings (SSSR count). The topological polar surface area (TPSA) is 45.2 Å². The van der Waals surface area contributed by atoms with Crippen LogP contribution in [0.4, 0.5) is 5.69 Å². The molecule has 98 valence electrons. The van der Waals surface area contributed by atoms with Crippen molar-refractivity contribution in [2.45, 2.75) is 26.7 Å². The van der Waals surface area contributed by atoms with Gasteiger partial charge in [-0.3, -0.25) is 9.78 Å². The Hall–Kier alpha value is -1.58. The van der Waals surface area contributed by atoms with Crippen molar-refractivity contribution < 1.29 is 4.79 Å². The summed E-state index contributed by atoms with van der Waals surface area (Å²) in [5.74, 6) is 0.712. The van der Waals surface area contributed by atoms with Crippen LogP contribution in [0, 0.1) is 5.92 Å². The number of anilines is 1. The molecule has 0 aliphatic carbocycles. The van der Waals surface area contributed by atoms with E-state index in [1.54, 1.807) is 12.4 Å². The van der Waals surface area contributed by atoms with E-state index in [9.17, 15) is 4.79 Å². The lowest BCUT2D eigenvalue weighted by Crippen LogP contribution is -2.29. The van der Waals surface area contributed by atoms with Crippen LogP contribution in [-0.2, 0) is 0 Å². The number of hydrogen-bond acceptors (Lipinski definition) is 3. The van der Waals surface area contributed by atoms with Gasteiger partial charge in [0.2, 0.25) is 0 Å². The Morgan fingerprint density at radius 2 is 2.44 bits per heavy atom. The van der Waals surface area contributed by atoms with Crippen LogP contribution in [0.2, 0.25) is 0 Å². The summed E-state index contributed by atoms with van der Waals surface area (Å²) in [4.78, 5) is 18.4. The molecule has 1 N–H and O–H groups in total. The summed E-state index contributed by atoms with van der Waals surface area (Å²) in [5, 5.41) is 3.29. The number of nitrogens with one attached hydrogen (secondary N) is 1. The average Bonchev–Trinajstić information content (AvgIpc) is 2.82. The summed E-state index contributed by atoms with van der Waals surface area (Å²) in [7, 11) is 0. The van der Waals surface area contributed by atoms with Crippen LogP contribution in [0.1, 0.15) is 37.0 Å². The predicted octanol–water partition coefficient (Wildman–Crippen LogP) is 2.39. The number of pyridine rings is 1. The van der Waals surface area contributed by atoms with Gasteiger partial charge in [-0.1, -0.05) is 13.8 Å². The highest BCUT2D eigenvalue weighted by Gasteiger charge is 2.25. The zero-order chi connectivity index (χ0) is 13.0. The molecule has 1 aliphatic heterocycles. The third-order valence-electron chi connectivity index (χ3n) is 3.33. The zero-order valence-electron chi connectivity index (χ0n) is 11.1. The van der Waals surface area contributed by atoms with E-state index in [1.165, 1.54) is 0 Å². The van der Waals surface area contributed by atoms with Gasteiger partial charge in [-0.2, -0.15) is 0 Å². The van der Waals surface area contributed by atoms with Gasteiger partial charge in [0, 0.05) is 32.0 Å². The molecule has 0 spiro atoms. The second kappa shape index (κ2) is 5.85. The van der Waals surface area contributed by atoms with Crippen molar-refractivity contribution in [3.05, 3.63) is 24.0 Å². The maximum atomic E-state index is 12.4. The monoisotopic (exact) mass is 247 g/mol. The van der Waals surface area contributed by atoms with E-state index in [0.29, 0.717) is 11.5 Å². The van der Waals surface area contributed by atoms with Crippen LogP contribution in [0.15, 0.2) is 18.5 Å². The van der Waals surface area contributed by atoms with Crippen molar-refractivity contribution in [2.75, 3.05) is 25.0 Å². The van der Waals surface area contributed by atoms with Crippen molar-refractivity contribution in [1.29, 1.82) is 0 Å². The van der Waals surface area contributed by atoms with Gasteiger partial charge in [-0.15, -0.1) is 0 Å². The van der Waals surface area contributed by atoms with Crippen molar-refractivity contribution in [3.63, 3.8) is 0 Å². The summed E-state index contributed by atoms with van der Waals surface area (Å²) in [6.07, 6.45) is 5.53. The van der Waals surface area contributed by atoms with E-state index in [1.807, 2.05) is 11.0 Å². The molecule has 0 radical (unpaired) electrons. The van der Waals surface area contributed by atoms with E-state index < -0.39 is 0 Å². The quantitative estimate of drug-likeness (QED) is 0.888. The summed E-state index contributed by atoms with van der Waals surface area (Å²) in [6.45, 7) is 6.90. The molecule has 1 unspecified atom stereocenters. The second-order valence-electron chi connectivity index (χ2n) is 4.99. The largest absolute Gasteiger partial charge is 0.384 e. The van der Waals surface area contributed by atoms with Crippen LogP contribution in [0.25, 0.3) is 0 Å². The van der Waals surface area contributed by atoms with Crippen LogP contribution < -0.4 is 5.32 Å². The van der Waals surface area contributed by atoms with E-state index in [4.69, 9.17) is 0 Å². The Kier molecular flexibility index (Phi) is 4.18. The minimum absolute atomic E-state index is 0.103. The summed E-state index contributed by atoms with van der Waals surface area (Å²) in [6, 6.07) is 1.88. The summed E-state index contributed by atoms with van der Waals surface area (Å²) >= 11 is 0. The van der Waals surface area contributed by atoms with Gasteiger partial charge in [-0.05, 0) is 24.8 Å². The smallest absolute Gasteiger partial charge is 0.257 e. The molecule has 0 aromatic carbocycles. The van der Waals surface area contributed by atoms with Crippen LogP contribution >= 0.6 is 0 Å². The van der Waals surface area contributed by atoms with Crippen molar-refractivity contribution in [3.8, 4) is 0 Å². The Bertz CT molecular complexity index is 419. The highest BCUT2D eigenvalue weighted by atomic mass is 16.2. The molecule has 1 fully saturated rings. The number of carbonyl (C=O) groups excluding carboxylic acids is 1. The Labute approximate surface area is 108 Å². The molecular weight excluding hydrogens is 226 g/mol. The highest BCUT2D eigenvalue weighted by Crippen LogP contribution is 2.21. The fourth-order valence-electron chi connectivity index (χ4n) is 2.27. The number of hydrogen-bond donors (Lipinski definition) is 1. The molecular formula is C14H21N3O. The predicted molar refractivity (Wildman–Crippen MR) is 72.7 cm³/mol. The summed E-state index contributed by atoms with van der Waals surface area (Å²) in [5.41, 5.74) is 1.59. The standard InChI is InChI=1S/C14H21N3O/c1-3-6-16-13-4-7-15-9-12(13)14(18)17-8-5-11(2)10-17/h4,7,9,11H,3,5-6,8,10H2,1-2H3,(H,15,16). The first-order valence-corrected chi connectivity index (χ1v) is 6.69. The average molecular weight is 247 g/mol. The SMILES string of the molecule is CCCNc1ccncc1C(=O)N1CCC(C)C1. The summed E-state index contributed by atoms with van der Waals surface area (Å²) < 4.78 is 0. The minimum atomic E-state index is 0.103. The lowest BCUT2D eigenvalue weighted by Gasteiger charge is -2.18. The normalized spacial score (nSPS) is 19.0. The number of amides is 1. The fourth-order valence-corrected chi connectivity index (χ4v) is 2.27. The second-order valence-corrected chi connectivity index (χ2v) is 4.99. The number of carbonyl (C=O) groups is 1. The Balaban J connectivity index is 2.14. The van der Waals surface area contributed by atoms with Crippen LogP contribution in [-0.4, -0.2) is 35.4 Å². The van der Waals surface area contributed by atoms with E-state index in [2.05, 4.69) is 24.1 Å². The molecule has 1 aromatic heterocycles. The van der Waals surface area contributed by atoms with Gasteiger partial charge in [0.15, 0.2) is 0 Å². The molecule has 1 aliphatic rings. The third kappa shape index (κ3) is 2.81. The molecule has 18 heavy (non-hydrogen) atoms. The Morgan fingerprint density at radius 1 is 1.61 bits per heavy atom. The van der Waals surface area contributed by atoms with Crippen LogP contribution in [0.5, 0.6) is 0 Å². The minimum Gasteiger partial charge on any atom is -0.384 e. The molecule has 1 amide bonds. The van der Waals surface area contributed by atoms with Crippen LogP contribution in [0.3, 0.4) is 0 Å². The number of likely N-dealkylation sites (tertiary alicyclic amines) is 1. The molecule has 4 heteroatoms. The lowest BCUT2D eigenvalue weighted by atomic mass is 10.2. The van der Waals surface area contributed by atoms with Crippen molar-refractivity contribution in [2.24, 2.45) is 5.92 Å². The van der Waals surface area contributed by atoms with Gasteiger partial charge in [0.1, 0.15) is 0 Å². The third-order valence-corrected chi connectivity index (χ3v) is 3.33. The molecule has 0 saturated carbocycles. The number of nitrogens with zero attached hydrogens (tertiary/aromatic N) is 2. The molecule has 4 nitrogen and oxygen atoms in total. The molecule has 1 saturated heterocycles. The van der Waals surface area contributed by atoms with Crippen molar-refractivity contribution >= 4 is 11.6 Å². The zero-order valence-corrected chi connectivity index (χ0v) is 11.1. The highest BCUT2D eigenvalue weighted by molar-refractivity contribution is 5.99. The fraction of sp³-hybridized carbons (Fsp3) is 0.571. The van der Waals surface area contributed by atoms with Gasteiger partial charge in [0.25, 0.3) is 5.91 Å². The Morgan fingerprint density at radius 3 is 3.11 bits per heavy atom.